The highest BCUT2D eigenvalue weighted by atomic mass is 35.5. The van der Waals surface area contributed by atoms with Gasteiger partial charge in [-0.3, -0.25) is 0 Å². The first-order chi connectivity index (χ1) is 6.77. The Morgan fingerprint density at radius 3 is 2.60 bits per heavy atom. The zero-order valence-corrected chi connectivity index (χ0v) is 9.74. The minimum Gasteiger partial charge on any atom is -0.317 e. The Hall–Kier alpha value is -0.600. The van der Waals surface area contributed by atoms with Gasteiger partial charge in [-0.25, -0.2) is 4.39 Å². The molecule has 0 bridgehead atoms. The fourth-order valence-corrected chi connectivity index (χ4v) is 2.11. The number of hydrogen-bond donors (Lipinski definition) is 1. The molecule has 1 aliphatic rings. The maximum Gasteiger partial charge on any atom is 0.126 e. The summed E-state index contributed by atoms with van der Waals surface area (Å²) in [4.78, 5) is 0. The molecule has 1 N–H and O–H groups in total. The average Bonchev–Trinajstić information content (AvgIpc) is 2.23. The van der Waals surface area contributed by atoms with Gasteiger partial charge in [0.05, 0.1) is 0 Å². The molecule has 0 unspecified atom stereocenters. The number of hydrogen-bond acceptors (Lipinski definition) is 1. The van der Waals surface area contributed by atoms with E-state index in [1.54, 1.807) is 6.07 Å². The number of nitrogens with one attached hydrogen (secondary N) is 1. The van der Waals surface area contributed by atoms with Crippen molar-refractivity contribution >= 4 is 12.4 Å². The zero-order chi connectivity index (χ0) is 9.97. The van der Waals surface area contributed by atoms with Crippen LogP contribution in [0, 0.1) is 12.7 Å². The molecule has 1 aliphatic heterocycles. The molecule has 15 heavy (non-hydrogen) atoms. The Labute approximate surface area is 96.5 Å². The van der Waals surface area contributed by atoms with Crippen molar-refractivity contribution in [1.29, 1.82) is 0 Å². The Kier molecular flexibility index (Phi) is 4.55. The summed E-state index contributed by atoms with van der Waals surface area (Å²) in [5.74, 6) is 0.374. The summed E-state index contributed by atoms with van der Waals surface area (Å²) in [7, 11) is 0. The topological polar surface area (TPSA) is 12.0 Å². The first kappa shape index (κ1) is 12.5. The molecule has 0 aliphatic carbocycles. The molecule has 0 spiro atoms. The molecule has 0 amide bonds. The molecule has 1 saturated heterocycles. The van der Waals surface area contributed by atoms with Crippen molar-refractivity contribution in [3.8, 4) is 0 Å². The van der Waals surface area contributed by atoms with E-state index in [0.29, 0.717) is 5.92 Å². The van der Waals surface area contributed by atoms with Crippen molar-refractivity contribution in [2.75, 3.05) is 13.1 Å². The van der Waals surface area contributed by atoms with E-state index in [0.717, 1.165) is 37.1 Å². The number of piperidine rings is 1. The molecule has 84 valence electrons. The summed E-state index contributed by atoms with van der Waals surface area (Å²) in [6, 6.07) is 5.41. The molecular weight excluding hydrogens is 213 g/mol. The number of halogens is 2. The van der Waals surface area contributed by atoms with E-state index in [2.05, 4.69) is 5.32 Å². The third-order valence-corrected chi connectivity index (χ3v) is 2.93. The second kappa shape index (κ2) is 5.47. The molecule has 1 aromatic carbocycles. The van der Waals surface area contributed by atoms with Crippen molar-refractivity contribution in [2.24, 2.45) is 0 Å². The SMILES string of the molecule is Cc1ccc(F)c(C2CCNCC2)c1.Cl. The van der Waals surface area contributed by atoms with Gasteiger partial charge in [0.15, 0.2) is 0 Å². The predicted octanol–water partition coefficient (Wildman–Crippen LogP) is 3.02. The Morgan fingerprint density at radius 2 is 1.93 bits per heavy atom. The lowest BCUT2D eigenvalue weighted by Gasteiger charge is -2.23. The molecule has 0 radical (unpaired) electrons. The first-order valence-electron chi connectivity index (χ1n) is 5.24. The summed E-state index contributed by atoms with van der Waals surface area (Å²) in [6.07, 6.45) is 2.11. The summed E-state index contributed by atoms with van der Waals surface area (Å²) in [5.41, 5.74) is 2.06. The second-order valence-corrected chi connectivity index (χ2v) is 4.05. The van der Waals surface area contributed by atoms with Gasteiger partial charge in [-0.2, -0.15) is 0 Å². The van der Waals surface area contributed by atoms with Crippen molar-refractivity contribution in [3.63, 3.8) is 0 Å². The van der Waals surface area contributed by atoms with E-state index < -0.39 is 0 Å². The number of aryl methyl sites for hydroxylation is 1. The van der Waals surface area contributed by atoms with Gasteiger partial charge >= 0.3 is 0 Å². The highest BCUT2D eigenvalue weighted by Crippen LogP contribution is 2.27. The van der Waals surface area contributed by atoms with E-state index >= 15 is 0 Å². The van der Waals surface area contributed by atoms with Crippen LogP contribution < -0.4 is 5.32 Å². The molecule has 1 nitrogen and oxygen atoms in total. The normalized spacial score (nSPS) is 17.2. The molecule has 0 aromatic heterocycles. The molecule has 1 fully saturated rings. The van der Waals surface area contributed by atoms with Gasteiger partial charge in [0, 0.05) is 0 Å². The molecule has 3 heteroatoms. The Bertz CT molecular complexity index is 321. The number of rotatable bonds is 1. The van der Waals surface area contributed by atoms with Gasteiger partial charge in [-0.15, -0.1) is 12.4 Å². The van der Waals surface area contributed by atoms with Crippen molar-refractivity contribution in [1.82, 2.24) is 5.32 Å². The van der Waals surface area contributed by atoms with Crippen molar-refractivity contribution in [2.45, 2.75) is 25.7 Å². The van der Waals surface area contributed by atoms with Gasteiger partial charge in [-0.1, -0.05) is 17.7 Å². The molecule has 0 atom stereocenters. The minimum absolute atomic E-state index is 0. The van der Waals surface area contributed by atoms with Crippen LogP contribution in [0.5, 0.6) is 0 Å². The standard InChI is InChI=1S/C12H16FN.ClH/c1-9-2-3-12(13)11(8-9)10-4-6-14-7-5-10;/h2-3,8,10,14H,4-7H2,1H3;1H. The van der Waals surface area contributed by atoms with Crippen LogP contribution in [0.25, 0.3) is 0 Å². The maximum absolute atomic E-state index is 13.5. The lowest BCUT2D eigenvalue weighted by molar-refractivity contribution is 0.445. The lowest BCUT2D eigenvalue weighted by atomic mass is 9.89. The van der Waals surface area contributed by atoms with Crippen LogP contribution >= 0.6 is 12.4 Å². The van der Waals surface area contributed by atoms with Gasteiger partial charge in [0.1, 0.15) is 5.82 Å². The van der Waals surface area contributed by atoms with E-state index in [9.17, 15) is 4.39 Å². The van der Waals surface area contributed by atoms with Crippen LogP contribution in [0.15, 0.2) is 18.2 Å². The summed E-state index contributed by atoms with van der Waals surface area (Å²) in [6.45, 7) is 4.04. The highest BCUT2D eigenvalue weighted by molar-refractivity contribution is 5.85. The van der Waals surface area contributed by atoms with E-state index in [1.807, 2.05) is 19.1 Å². The highest BCUT2D eigenvalue weighted by Gasteiger charge is 2.18. The van der Waals surface area contributed by atoms with Gasteiger partial charge in [0.2, 0.25) is 0 Å². The maximum atomic E-state index is 13.5. The van der Waals surface area contributed by atoms with E-state index in [1.165, 1.54) is 0 Å². The Balaban J connectivity index is 0.00000112. The summed E-state index contributed by atoms with van der Waals surface area (Å²) >= 11 is 0. The first-order valence-corrected chi connectivity index (χ1v) is 5.24. The molecular formula is C12H17ClFN. The van der Waals surface area contributed by atoms with Crippen LogP contribution in [0.4, 0.5) is 4.39 Å². The predicted molar refractivity (Wildman–Crippen MR) is 63.2 cm³/mol. The van der Waals surface area contributed by atoms with E-state index in [4.69, 9.17) is 0 Å². The van der Waals surface area contributed by atoms with Crippen LogP contribution in [-0.2, 0) is 0 Å². The molecule has 1 heterocycles. The number of benzene rings is 1. The summed E-state index contributed by atoms with van der Waals surface area (Å²) < 4.78 is 13.5. The second-order valence-electron chi connectivity index (χ2n) is 4.05. The fraction of sp³-hybridized carbons (Fsp3) is 0.500. The Morgan fingerprint density at radius 1 is 1.27 bits per heavy atom. The third kappa shape index (κ3) is 2.93. The van der Waals surface area contributed by atoms with E-state index in [-0.39, 0.29) is 18.2 Å². The van der Waals surface area contributed by atoms with Crippen LogP contribution in [0.2, 0.25) is 0 Å². The lowest BCUT2D eigenvalue weighted by Crippen LogP contribution is -2.27. The third-order valence-electron chi connectivity index (χ3n) is 2.93. The van der Waals surface area contributed by atoms with Crippen LogP contribution in [0.3, 0.4) is 0 Å². The van der Waals surface area contributed by atoms with Gasteiger partial charge in [-0.05, 0) is 50.4 Å². The fourth-order valence-electron chi connectivity index (χ4n) is 2.11. The average molecular weight is 230 g/mol. The summed E-state index contributed by atoms with van der Waals surface area (Å²) in [5, 5.41) is 3.30. The largest absolute Gasteiger partial charge is 0.317 e. The van der Waals surface area contributed by atoms with Gasteiger partial charge < -0.3 is 5.32 Å². The molecule has 1 aromatic rings. The molecule has 0 saturated carbocycles. The molecule has 2 rings (SSSR count). The smallest absolute Gasteiger partial charge is 0.126 e. The van der Waals surface area contributed by atoms with Gasteiger partial charge in [0.25, 0.3) is 0 Å². The monoisotopic (exact) mass is 229 g/mol. The van der Waals surface area contributed by atoms with Crippen molar-refractivity contribution in [3.05, 3.63) is 35.1 Å². The van der Waals surface area contributed by atoms with Crippen LogP contribution in [-0.4, -0.2) is 13.1 Å². The quantitative estimate of drug-likeness (QED) is 0.781. The van der Waals surface area contributed by atoms with Crippen molar-refractivity contribution < 1.29 is 4.39 Å². The van der Waals surface area contributed by atoms with Crippen LogP contribution in [0.1, 0.15) is 29.9 Å². The zero-order valence-electron chi connectivity index (χ0n) is 8.92. The minimum atomic E-state index is -0.0394.